The molecule has 0 aliphatic rings. The third kappa shape index (κ3) is 4.35. The van der Waals surface area contributed by atoms with Crippen LogP contribution in [0.15, 0.2) is 18.2 Å². The molecule has 0 bridgehead atoms. The summed E-state index contributed by atoms with van der Waals surface area (Å²) in [6.07, 6.45) is 0.897. The van der Waals surface area contributed by atoms with E-state index in [1.807, 2.05) is 20.8 Å². The predicted octanol–water partition coefficient (Wildman–Crippen LogP) is 2.57. The minimum Gasteiger partial charge on any atom is -0.328 e. The Labute approximate surface area is 108 Å². The van der Waals surface area contributed by atoms with Crippen LogP contribution in [-0.4, -0.2) is 19.1 Å². The third-order valence-electron chi connectivity index (χ3n) is 3.04. The van der Waals surface area contributed by atoms with Crippen LogP contribution in [0.3, 0.4) is 0 Å². The van der Waals surface area contributed by atoms with Crippen LogP contribution in [0.2, 0.25) is 0 Å². The molecule has 4 heteroatoms. The Hall–Kier alpha value is -1.00. The van der Waals surface area contributed by atoms with Crippen molar-refractivity contribution in [3.63, 3.8) is 0 Å². The summed E-state index contributed by atoms with van der Waals surface area (Å²) in [6.45, 7) is 7.48. The van der Waals surface area contributed by atoms with Gasteiger partial charge in [0, 0.05) is 18.0 Å². The first-order valence-corrected chi connectivity index (χ1v) is 6.25. The summed E-state index contributed by atoms with van der Waals surface area (Å²) in [5, 5.41) is 3.29. The lowest BCUT2D eigenvalue weighted by Crippen LogP contribution is -2.35. The Morgan fingerprint density at radius 1 is 1.28 bits per heavy atom. The molecule has 1 rings (SSSR count). The normalized spacial score (nSPS) is 13.7. The highest BCUT2D eigenvalue weighted by atomic mass is 19.2. The summed E-state index contributed by atoms with van der Waals surface area (Å²) in [7, 11) is 0. The van der Waals surface area contributed by atoms with Crippen molar-refractivity contribution < 1.29 is 8.78 Å². The van der Waals surface area contributed by atoms with Crippen molar-refractivity contribution in [3.8, 4) is 0 Å². The van der Waals surface area contributed by atoms with Crippen molar-refractivity contribution in [3.05, 3.63) is 35.4 Å². The fourth-order valence-corrected chi connectivity index (χ4v) is 1.75. The molecule has 0 heterocycles. The van der Waals surface area contributed by atoms with Crippen molar-refractivity contribution in [2.75, 3.05) is 13.1 Å². The molecule has 1 aromatic rings. The second-order valence-corrected chi connectivity index (χ2v) is 5.46. The molecular weight excluding hydrogens is 234 g/mol. The van der Waals surface area contributed by atoms with E-state index in [0.29, 0.717) is 6.54 Å². The summed E-state index contributed by atoms with van der Waals surface area (Å²) in [4.78, 5) is 0. The molecule has 1 atom stereocenters. The molecule has 102 valence electrons. The standard InChI is InChI=1S/C14H22F2N2/c1-10(17)6-7-18-9-14(2,3)11-4-5-12(15)13(16)8-11/h4-5,8,10,18H,6-7,9,17H2,1-3H3. The molecule has 0 radical (unpaired) electrons. The van der Waals surface area contributed by atoms with Crippen LogP contribution in [0.5, 0.6) is 0 Å². The minimum absolute atomic E-state index is 0.170. The molecule has 0 spiro atoms. The van der Waals surface area contributed by atoms with E-state index in [0.717, 1.165) is 18.5 Å². The maximum absolute atomic E-state index is 13.2. The number of nitrogens with one attached hydrogen (secondary N) is 1. The number of rotatable bonds is 6. The Morgan fingerprint density at radius 2 is 1.94 bits per heavy atom. The van der Waals surface area contributed by atoms with E-state index in [9.17, 15) is 8.78 Å². The Kier molecular flexibility index (Phi) is 5.23. The van der Waals surface area contributed by atoms with E-state index in [-0.39, 0.29) is 11.5 Å². The van der Waals surface area contributed by atoms with E-state index in [1.54, 1.807) is 6.07 Å². The number of hydrogen-bond donors (Lipinski definition) is 2. The van der Waals surface area contributed by atoms with Gasteiger partial charge in [-0.15, -0.1) is 0 Å². The fourth-order valence-electron chi connectivity index (χ4n) is 1.75. The van der Waals surface area contributed by atoms with E-state index < -0.39 is 11.6 Å². The monoisotopic (exact) mass is 256 g/mol. The van der Waals surface area contributed by atoms with Gasteiger partial charge in [-0.2, -0.15) is 0 Å². The summed E-state index contributed by atoms with van der Waals surface area (Å²) >= 11 is 0. The van der Waals surface area contributed by atoms with Gasteiger partial charge in [-0.05, 0) is 37.6 Å². The lowest BCUT2D eigenvalue weighted by Gasteiger charge is -2.26. The maximum Gasteiger partial charge on any atom is 0.159 e. The molecule has 0 saturated carbocycles. The highest BCUT2D eigenvalue weighted by Crippen LogP contribution is 2.23. The zero-order chi connectivity index (χ0) is 13.8. The Bertz CT molecular complexity index is 389. The average molecular weight is 256 g/mol. The van der Waals surface area contributed by atoms with Crippen LogP contribution >= 0.6 is 0 Å². The first-order chi connectivity index (χ1) is 8.33. The molecular formula is C14H22F2N2. The van der Waals surface area contributed by atoms with Gasteiger partial charge in [0.2, 0.25) is 0 Å². The van der Waals surface area contributed by atoms with Crippen molar-refractivity contribution in [2.45, 2.75) is 38.6 Å². The summed E-state index contributed by atoms with van der Waals surface area (Å²) in [6, 6.07) is 4.24. The Morgan fingerprint density at radius 3 is 2.50 bits per heavy atom. The molecule has 0 aromatic heterocycles. The van der Waals surface area contributed by atoms with Crippen LogP contribution in [-0.2, 0) is 5.41 Å². The zero-order valence-electron chi connectivity index (χ0n) is 11.3. The molecule has 0 aliphatic carbocycles. The van der Waals surface area contributed by atoms with Gasteiger partial charge in [0.1, 0.15) is 0 Å². The van der Waals surface area contributed by atoms with Crippen LogP contribution in [0, 0.1) is 11.6 Å². The summed E-state index contributed by atoms with van der Waals surface area (Å²) in [5.41, 5.74) is 6.20. The molecule has 1 unspecified atom stereocenters. The van der Waals surface area contributed by atoms with Gasteiger partial charge in [-0.25, -0.2) is 8.78 Å². The number of benzene rings is 1. The minimum atomic E-state index is -0.806. The van der Waals surface area contributed by atoms with E-state index >= 15 is 0 Å². The molecule has 18 heavy (non-hydrogen) atoms. The van der Waals surface area contributed by atoms with Gasteiger partial charge in [0.25, 0.3) is 0 Å². The van der Waals surface area contributed by atoms with Gasteiger partial charge in [-0.3, -0.25) is 0 Å². The summed E-state index contributed by atoms with van der Waals surface area (Å²) in [5.74, 6) is -1.60. The lowest BCUT2D eigenvalue weighted by atomic mass is 9.84. The average Bonchev–Trinajstić information content (AvgIpc) is 2.28. The maximum atomic E-state index is 13.2. The second-order valence-electron chi connectivity index (χ2n) is 5.46. The first kappa shape index (κ1) is 15.1. The highest BCUT2D eigenvalue weighted by molar-refractivity contribution is 5.25. The second kappa shape index (κ2) is 6.25. The summed E-state index contributed by atoms with van der Waals surface area (Å²) < 4.78 is 26.1. The van der Waals surface area contributed by atoms with E-state index in [4.69, 9.17) is 5.73 Å². The van der Waals surface area contributed by atoms with E-state index in [2.05, 4.69) is 5.32 Å². The van der Waals surface area contributed by atoms with Crippen LogP contribution in [0.4, 0.5) is 8.78 Å². The van der Waals surface area contributed by atoms with Crippen LogP contribution in [0.25, 0.3) is 0 Å². The quantitative estimate of drug-likeness (QED) is 0.768. The topological polar surface area (TPSA) is 38.0 Å². The molecule has 0 fully saturated rings. The Balaban J connectivity index is 2.59. The smallest absolute Gasteiger partial charge is 0.159 e. The number of nitrogens with two attached hydrogens (primary N) is 1. The predicted molar refractivity (Wildman–Crippen MR) is 70.5 cm³/mol. The van der Waals surface area contributed by atoms with Crippen LogP contribution in [0.1, 0.15) is 32.8 Å². The van der Waals surface area contributed by atoms with Crippen molar-refractivity contribution in [2.24, 2.45) is 5.73 Å². The number of halogens is 2. The first-order valence-electron chi connectivity index (χ1n) is 6.25. The van der Waals surface area contributed by atoms with Crippen LogP contribution < -0.4 is 11.1 Å². The SMILES string of the molecule is CC(N)CCNCC(C)(C)c1ccc(F)c(F)c1. The van der Waals surface area contributed by atoms with Gasteiger partial charge in [0.05, 0.1) is 0 Å². The molecule has 1 aromatic carbocycles. The third-order valence-corrected chi connectivity index (χ3v) is 3.04. The van der Waals surface area contributed by atoms with Crippen molar-refractivity contribution in [1.29, 1.82) is 0 Å². The lowest BCUT2D eigenvalue weighted by molar-refractivity contribution is 0.450. The van der Waals surface area contributed by atoms with E-state index in [1.165, 1.54) is 12.1 Å². The molecule has 3 N–H and O–H groups in total. The van der Waals surface area contributed by atoms with Gasteiger partial charge < -0.3 is 11.1 Å². The van der Waals surface area contributed by atoms with Gasteiger partial charge in [-0.1, -0.05) is 19.9 Å². The number of hydrogen-bond acceptors (Lipinski definition) is 2. The molecule has 2 nitrogen and oxygen atoms in total. The van der Waals surface area contributed by atoms with Crippen molar-refractivity contribution >= 4 is 0 Å². The van der Waals surface area contributed by atoms with Crippen molar-refractivity contribution in [1.82, 2.24) is 5.32 Å². The highest BCUT2D eigenvalue weighted by Gasteiger charge is 2.21. The molecule has 0 saturated heterocycles. The van der Waals surface area contributed by atoms with Gasteiger partial charge in [0.15, 0.2) is 11.6 Å². The molecule has 0 amide bonds. The zero-order valence-corrected chi connectivity index (χ0v) is 11.3. The fraction of sp³-hybridized carbons (Fsp3) is 0.571. The molecule has 0 aliphatic heterocycles. The largest absolute Gasteiger partial charge is 0.328 e. The van der Waals surface area contributed by atoms with Gasteiger partial charge >= 0.3 is 0 Å².